The number of hydrogen-bond donors (Lipinski definition) is 1. The largest absolute Gasteiger partial charge is 0.356 e. The highest BCUT2D eigenvalue weighted by Crippen LogP contribution is 2.60. The van der Waals surface area contributed by atoms with Crippen LogP contribution in [0, 0.1) is 16.7 Å². The van der Waals surface area contributed by atoms with Crippen molar-refractivity contribution in [3.05, 3.63) is 35.9 Å². The van der Waals surface area contributed by atoms with E-state index in [9.17, 15) is 14.4 Å². The highest BCUT2D eigenvalue weighted by Gasteiger charge is 2.64. The van der Waals surface area contributed by atoms with Gasteiger partial charge >= 0.3 is 0 Å². The molecular weight excluding hydrogens is 340 g/mol. The molecule has 1 aliphatic carbocycles. The third-order valence-electron chi connectivity index (χ3n) is 6.87. The molecule has 5 nitrogen and oxygen atoms in total. The molecule has 3 rings (SSSR count). The first-order chi connectivity index (χ1) is 12.8. The Morgan fingerprint density at radius 3 is 2.59 bits per heavy atom. The summed E-state index contributed by atoms with van der Waals surface area (Å²) in [4.78, 5) is 39.2. The number of rotatable bonds is 7. The fourth-order valence-corrected chi connectivity index (χ4v) is 4.59. The average molecular weight is 370 g/mol. The Morgan fingerprint density at radius 2 is 1.89 bits per heavy atom. The van der Waals surface area contributed by atoms with Crippen LogP contribution in [0.2, 0.25) is 0 Å². The molecule has 5 heteroatoms. The van der Waals surface area contributed by atoms with E-state index in [4.69, 9.17) is 0 Å². The van der Waals surface area contributed by atoms with Gasteiger partial charge in [0.15, 0.2) is 0 Å². The number of nitrogens with one attached hydrogen (secondary N) is 1. The molecule has 1 N–H and O–H groups in total. The molecular formula is C22H30N2O3. The smallest absolute Gasteiger partial charge is 0.235 e. The lowest BCUT2D eigenvalue weighted by molar-refractivity contribution is -0.168. The van der Waals surface area contributed by atoms with E-state index in [1.54, 1.807) is 0 Å². The second kappa shape index (κ2) is 7.45. The number of likely N-dealkylation sites (tertiary alicyclic amines) is 1. The molecule has 1 saturated carbocycles. The quantitative estimate of drug-likeness (QED) is 0.751. The Bertz CT molecular complexity index is 728. The van der Waals surface area contributed by atoms with Crippen molar-refractivity contribution in [2.24, 2.45) is 16.7 Å². The molecule has 1 aromatic rings. The molecule has 1 heterocycles. The highest BCUT2D eigenvalue weighted by molar-refractivity contribution is 6.03. The van der Waals surface area contributed by atoms with Crippen LogP contribution in [-0.2, 0) is 20.8 Å². The monoisotopic (exact) mass is 370 g/mol. The topological polar surface area (TPSA) is 66.5 Å². The molecule has 2 fully saturated rings. The predicted molar refractivity (Wildman–Crippen MR) is 104 cm³/mol. The van der Waals surface area contributed by atoms with Crippen LogP contribution in [0.3, 0.4) is 0 Å². The lowest BCUT2D eigenvalue weighted by Gasteiger charge is -2.47. The van der Waals surface area contributed by atoms with Crippen molar-refractivity contribution < 1.29 is 14.4 Å². The Kier molecular flexibility index (Phi) is 5.41. The molecule has 1 aromatic carbocycles. The molecule has 3 amide bonds. The van der Waals surface area contributed by atoms with Crippen molar-refractivity contribution in [2.75, 3.05) is 13.1 Å². The highest BCUT2D eigenvalue weighted by atomic mass is 16.2. The summed E-state index contributed by atoms with van der Waals surface area (Å²) in [5, 5.41) is 2.91. The van der Waals surface area contributed by atoms with Crippen molar-refractivity contribution >= 4 is 17.7 Å². The van der Waals surface area contributed by atoms with Crippen molar-refractivity contribution in [1.29, 1.82) is 0 Å². The van der Waals surface area contributed by atoms with E-state index >= 15 is 0 Å². The molecule has 2 unspecified atom stereocenters. The number of nitrogens with zero attached hydrogens (tertiary/aromatic N) is 1. The van der Waals surface area contributed by atoms with Crippen molar-refractivity contribution in [3.63, 3.8) is 0 Å². The van der Waals surface area contributed by atoms with Crippen LogP contribution < -0.4 is 5.32 Å². The number of amides is 3. The first-order valence-electron chi connectivity index (χ1n) is 9.94. The summed E-state index contributed by atoms with van der Waals surface area (Å²) in [6, 6.07) is 10.0. The SMILES string of the molecule is CC12CCC(C(=O)N(CCCC(=O)NCCc3ccccc3)C1=O)C2(C)C. The number of piperidine rings is 1. The number of hydrogen-bond acceptors (Lipinski definition) is 3. The van der Waals surface area contributed by atoms with Gasteiger partial charge in [-0.25, -0.2) is 0 Å². The summed E-state index contributed by atoms with van der Waals surface area (Å²) < 4.78 is 0. The second-order valence-electron chi connectivity index (χ2n) is 8.63. The minimum absolute atomic E-state index is 0.0302. The van der Waals surface area contributed by atoms with E-state index in [1.807, 2.05) is 51.1 Å². The molecule has 0 aromatic heterocycles. The maximum Gasteiger partial charge on any atom is 0.235 e. The summed E-state index contributed by atoms with van der Waals surface area (Å²) in [7, 11) is 0. The molecule has 0 spiro atoms. The second-order valence-corrected chi connectivity index (χ2v) is 8.63. The van der Waals surface area contributed by atoms with E-state index in [1.165, 1.54) is 10.5 Å². The predicted octanol–water partition coefficient (Wildman–Crippen LogP) is 2.94. The molecule has 146 valence electrons. The third-order valence-corrected chi connectivity index (χ3v) is 6.87. The Balaban J connectivity index is 1.46. The van der Waals surface area contributed by atoms with E-state index in [0.717, 1.165) is 19.3 Å². The number of imide groups is 1. The van der Waals surface area contributed by atoms with Gasteiger partial charge in [0, 0.05) is 25.4 Å². The molecule has 0 radical (unpaired) electrons. The van der Waals surface area contributed by atoms with Crippen LogP contribution in [0.1, 0.15) is 52.0 Å². The van der Waals surface area contributed by atoms with E-state index in [2.05, 4.69) is 5.32 Å². The fraction of sp³-hybridized carbons (Fsp3) is 0.591. The Hall–Kier alpha value is -2.17. The number of carbonyl (C=O) groups is 3. The van der Waals surface area contributed by atoms with Gasteiger partial charge in [0.05, 0.1) is 5.41 Å². The zero-order valence-electron chi connectivity index (χ0n) is 16.6. The van der Waals surface area contributed by atoms with Gasteiger partial charge in [-0.3, -0.25) is 19.3 Å². The van der Waals surface area contributed by atoms with Crippen molar-refractivity contribution in [1.82, 2.24) is 10.2 Å². The maximum atomic E-state index is 12.9. The van der Waals surface area contributed by atoms with Gasteiger partial charge in [0.2, 0.25) is 17.7 Å². The summed E-state index contributed by atoms with van der Waals surface area (Å²) in [6.07, 6.45) is 3.19. The van der Waals surface area contributed by atoms with Crippen LogP contribution in [0.15, 0.2) is 30.3 Å². The van der Waals surface area contributed by atoms with Gasteiger partial charge < -0.3 is 5.32 Å². The van der Waals surface area contributed by atoms with Crippen molar-refractivity contribution in [3.8, 4) is 0 Å². The normalized spacial score (nSPS) is 26.3. The zero-order chi connectivity index (χ0) is 19.7. The summed E-state index contributed by atoms with van der Waals surface area (Å²) in [5.74, 6) is -0.225. The Morgan fingerprint density at radius 1 is 1.19 bits per heavy atom. The lowest BCUT2D eigenvalue weighted by Crippen LogP contribution is -2.59. The van der Waals surface area contributed by atoms with Crippen LogP contribution in [0.5, 0.6) is 0 Å². The molecule has 2 bridgehead atoms. The number of fused-ring (bicyclic) bond motifs is 2. The minimum atomic E-state index is -0.469. The molecule has 27 heavy (non-hydrogen) atoms. The van der Waals surface area contributed by atoms with E-state index in [-0.39, 0.29) is 29.1 Å². The first kappa shape index (κ1) is 19.6. The third kappa shape index (κ3) is 3.52. The van der Waals surface area contributed by atoms with Gasteiger partial charge in [-0.15, -0.1) is 0 Å². The summed E-state index contributed by atoms with van der Waals surface area (Å²) in [5.41, 5.74) is 0.435. The first-order valence-corrected chi connectivity index (χ1v) is 9.94. The standard InChI is InChI=1S/C22H30N2O3/c1-21(2)17-11-13-22(21,3)20(27)24(19(17)26)15-7-10-18(25)23-14-12-16-8-5-4-6-9-16/h4-6,8-9,17H,7,10-15H2,1-3H3,(H,23,25). The van der Waals surface area contributed by atoms with Crippen LogP contribution in [0.25, 0.3) is 0 Å². The fourth-order valence-electron chi connectivity index (χ4n) is 4.59. The minimum Gasteiger partial charge on any atom is -0.356 e. The van der Waals surface area contributed by atoms with Crippen LogP contribution in [-0.4, -0.2) is 35.7 Å². The van der Waals surface area contributed by atoms with Gasteiger partial charge in [0.25, 0.3) is 0 Å². The lowest BCUT2D eigenvalue weighted by atomic mass is 9.62. The van der Waals surface area contributed by atoms with E-state index in [0.29, 0.717) is 25.9 Å². The summed E-state index contributed by atoms with van der Waals surface area (Å²) >= 11 is 0. The van der Waals surface area contributed by atoms with Gasteiger partial charge in [0.1, 0.15) is 0 Å². The molecule has 2 atom stereocenters. The number of carbonyl (C=O) groups excluding carboxylic acids is 3. The average Bonchev–Trinajstić information content (AvgIpc) is 2.83. The summed E-state index contributed by atoms with van der Waals surface area (Å²) in [6.45, 7) is 7.01. The van der Waals surface area contributed by atoms with E-state index < -0.39 is 5.41 Å². The zero-order valence-corrected chi connectivity index (χ0v) is 16.6. The van der Waals surface area contributed by atoms with Gasteiger partial charge in [-0.2, -0.15) is 0 Å². The molecule has 1 aliphatic heterocycles. The van der Waals surface area contributed by atoms with Crippen molar-refractivity contribution in [2.45, 2.75) is 52.9 Å². The molecule has 1 saturated heterocycles. The number of benzene rings is 1. The Labute approximate surface area is 161 Å². The van der Waals surface area contributed by atoms with Crippen LogP contribution in [0.4, 0.5) is 0 Å². The van der Waals surface area contributed by atoms with Crippen LogP contribution >= 0.6 is 0 Å². The maximum absolute atomic E-state index is 12.9. The van der Waals surface area contributed by atoms with Gasteiger partial charge in [-0.1, -0.05) is 51.1 Å². The molecule has 2 aliphatic rings. The van der Waals surface area contributed by atoms with Gasteiger partial charge in [-0.05, 0) is 36.7 Å².